The first-order valence-electron chi connectivity index (χ1n) is 8.12. The van der Waals surface area contributed by atoms with Crippen LogP contribution in [0.5, 0.6) is 0 Å². The Labute approximate surface area is 146 Å². The van der Waals surface area contributed by atoms with Crippen LogP contribution >= 0.6 is 11.6 Å². The maximum Gasteiger partial charge on any atom is 0.243 e. The van der Waals surface area contributed by atoms with Crippen LogP contribution < -0.4 is 0 Å². The normalized spacial score (nSPS) is 27.5. The molecular weight excluding hydrogens is 348 g/mol. The lowest BCUT2D eigenvalue weighted by atomic mass is 10.0. The van der Waals surface area contributed by atoms with Crippen molar-refractivity contribution >= 4 is 21.6 Å². The Kier molecular flexibility index (Phi) is 3.89. The molecule has 2 aliphatic rings. The van der Waals surface area contributed by atoms with E-state index in [1.54, 1.807) is 39.7 Å². The average Bonchev–Trinajstić information content (AvgIpc) is 3.17. The second kappa shape index (κ2) is 5.82. The standard InChI is InChI=1S/C16H19ClN4O2S/c1-11-2-3-12(17)8-16(11)24(22,23)20-13-4-5-14(20)10-15(9-13)21-18-6-7-19-21/h2-3,6-8,13-15H,4-5,9-10H2,1H3. The zero-order chi connectivity index (χ0) is 16.9. The molecule has 128 valence electrons. The highest BCUT2D eigenvalue weighted by Crippen LogP contribution is 2.43. The molecule has 1 aromatic heterocycles. The number of piperidine rings is 1. The molecule has 6 nitrogen and oxygen atoms in total. The van der Waals surface area contributed by atoms with Crippen LogP contribution in [0.15, 0.2) is 35.5 Å². The summed E-state index contributed by atoms with van der Waals surface area (Å²) in [6, 6.07) is 5.22. The molecule has 2 aromatic rings. The number of benzene rings is 1. The third-order valence-corrected chi connectivity index (χ3v) is 7.49. The van der Waals surface area contributed by atoms with Crippen LogP contribution in [0.2, 0.25) is 5.02 Å². The Bertz CT molecular complexity index is 839. The predicted molar refractivity (Wildman–Crippen MR) is 90.3 cm³/mol. The Morgan fingerprint density at radius 2 is 1.71 bits per heavy atom. The number of aryl methyl sites for hydroxylation is 1. The van der Waals surface area contributed by atoms with E-state index in [1.165, 1.54) is 0 Å². The number of nitrogens with zero attached hydrogens (tertiary/aromatic N) is 4. The van der Waals surface area contributed by atoms with Gasteiger partial charge < -0.3 is 0 Å². The van der Waals surface area contributed by atoms with E-state index in [9.17, 15) is 8.42 Å². The van der Waals surface area contributed by atoms with Gasteiger partial charge in [0, 0.05) is 17.1 Å². The smallest absolute Gasteiger partial charge is 0.207 e. The van der Waals surface area contributed by atoms with Gasteiger partial charge in [-0.05, 0) is 50.3 Å². The summed E-state index contributed by atoms with van der Waals surface area (Å²) < 4.78 is 28.2. The van der Waals surface area contributed by atoms with Gasteiger partial charge in [-0.3, -0.25) is 0 Å². The molecule has 2 unspecified atom stereocenters. The van der Waals surface area contributed by atoms with E-state index in [-0.39, 0.29) is 18.1 Å². The van der Waals surface area contributed by atoms with E-state index < -0.39 is 10.0 Å². The minimum absolute atomic E-state index is 0.00290. The van der Waals surface area contributed by atoms with Crippen molar-refractivity contribution in [2.24, 2.45) is 0 Å². The third-order valence-electron chi connectivity index (χ3n) is 5.11. The molecule has 2 aliphatic heterocycles. The maximum atomic E-state index is 13.2. The molecule has 2 bridgehead atoms. The Morgan fingerprint density at radius 3 is 2.33 bits per heavy atom. The van der Waals surface area contributed by atoms with Crippen LogP contribution in [0.3, 0.4) is 0 Å². The van der Waals surface area contributed by atoms with Crippen LogP contribution in [0.1, 0.15) is 37.3 Å². The number of rotatable bonds is 3. The number of fused-ring (bicyclic) bond motifs is 2. The molecule has 8 heteroatoms. The molecular formula is C16H19ClN4O2S. The SMILES string of the molecule is Cc1ccc(Cl)cc1S(=O)(=O)N1C2CCC1CC(n1nccn1)C2. The lowest BCUT2D eigenvalue weighted by molar-refractivity contribution is 0.174. The van der Waals surface area contributed by atoms with Crippen molar-refractivity contribution in [2.45, 2.75) is 55.6 Å². The minimum Gasteiger partial charge on any atom is -0.207 e. The summed E-state index contributed by atoms with van der Waals surface area (Å²) in [4.78, 5) is 2.04. The first-order chi connectivity index (χ1) is 11.5. The molecule has 0 N–H and O–H groups in total. The summed E-state index contributed by atoms with van der Waals surface area (Å²) in [6.45, 7) is 1.81. The van der Waals surface area contributed by atoms with Crippen molar-refractivity contribution in [1.29, 1.82) is 0 Å². The molecule has 2 fully saturated rings. The fourth-order valence-electron chi connectivity index (χ4n) is 4.07. The largest absolute Gasteiger partial charge is 0.243 e. The van der Waals surface area contributed by atoms with E-state index in [1.807, 2.05) is 6.92 Å². The van der Waals surface area contributed by atoms with E-state index in [4.69, 9.17) is 11.6 Å². The summed E-state index contributed by atoms with van der Waals surface area (Å²) in [5.41, 5.74) is 0.731. The average molecular weight is 367 g/mol. The number of halogens is 1. The van der Waals surface area contributed by atoms with Gasteiger partial charge in [-0.1, -0.05) is 17.7 Å². The van der Waals surface area contributed by atoms with E-state index >= 15 is 0 Å². The maximum absolute atomic E-state index is 13.2. The molecule has 0 saturated carbocycles. The fraction of sp³-hybridized carbons (Fsp3) is 0.500. The van der Waals surface area contributed by atoms with Gasteiger partial charge in [0.2, 0.25) is 10.0 Å². The second-order valence-electron chi connectivity index (χ2n) is 6.60. The minimum atomic E-state index is -3.54. The summed E-state index contributed by atoms with van der Waals surface area (Å²) in [5, 5.41) is 8.90. The first kappa shape index (κ1) is 16.1. The molecule has 0 spiro atoms. The monoisotopic (exact) mass is 366 g/mol. The summed E-state index contributed by atoms with van der Waals surface area (Å²) in [5.74, 6) is 0. The Morgan fingerprint density at radius 1 is 1.08 bits per heavy atom. The number of sulfonamides is 1. The molecule has 0 amide bonds. The van der Waals surface area contributed by atoms with Crippen molar-refractivity contribution < 1.29 is 8.42 Å². The number of hydrogen-bond donors (Lipinski definition) is 0. The van der Waals surface area contributed by atoms with Gasteiger partial charge in [-0.25, -0.2) is 8.42 Å². The molecule has 4 rings (SSSR count). The van der Waals surface area contributed by atoms with Gasteiger partial charge in [0.15, 0.2) is 0 Å². The van der Waals surface area contributed by atoms with Crippen LogP contribution in [0.25, 0.3) is 0 Å². The fourth-order valence-corrected chi connectivity index (χ4v) is 6.45. The van der Waals surface area contributed by atoms with Crippen LogP contribution in [-0.2, 0) is 10.0 Å². The van der Waals surface area contributed by atoms with Gasteiger partial charge in [0.05, 0.1) is 23.3 Å². The van der Waals surface area contributed by atoms with E-state index in [0.717, 1.165) is 31.2 Å². The topological polar surface area (TPSA) is 68.1 Å². The lowest BCUT2D eigenvalue weighted by Gasteiger charge is -2.37. The van der Waals surface area contributed by atoms with Crippen LogP contribution in [0, 0.1) is 6.92 Å². The summed E-state index contributed by atoms with van der Waals surface area (Å²) in [7, 11) is -3.54. The second-order valence-corrected chi connectivity index (χ2v) is 8.85. The van der Waals surface area contributed by atoms with Gasteiger partial charge in [0.1, 0.15) is 0 Å². The van der Waals surface area contributed by atoms with Crippen molar-refractivity contribution in [1.82, 2.24) is 19.3 Å². The highest BCUT2D eigenvalue weighted by atomic mass is 35.5. The Balaban J connectivity index is 1.67. The van der Waals surface area contributed by atoms with Gasteiger partial charge in [0.25, 0.3) is 0 Å². The molecule has 0 aliphatic carbocycles. The van der Waals surface area contributed by atoms with Crippen LogP contribution in [-0.4, -0.2) is 39.8 Å². The van der Waals surface area contributed by atoms with Gasteiger partial charge in [-0.2, -0.15) is 19.3 Å². The van der Waals surface area contributed by atoms with Gasteiger partial charge >= 0.3 is 0 Å². The van der Waals surface area contributed by atoms with Crippen molar-refractivity contribution in [3.8, 4) is 0 Å². The first-order valence-corrected chi connectivity index (χ1v) is 9.94. The third kappa shape index (κ3) is 2.55. The van der Waals surface area contributed by atoms with Crippen molar-refractivity contribution in [3.05, 3.63) is 41.2 Å². The molecule has 3 heterocycles. The zero-order valence-corrected chi connectivity index (χ0v) is 14.9. The molecule has 2 saturated heterocycles. The highest BCUT2D eigenvalue weighted by molar-refractivity contribution is 7.89. The van der Waals surface area contributed by atoms with Crippen LogP contribution in [0.4, 0.5) is 0 Å². The Hall–Kier alpha value is -1.44. The number of aromatic nitrogens is 3. The zero-order valence-electron chi connectivity index (χ0n) is 13.3. The quantitative estimate of drug-likeness (QED) is 0.837. The molecule has 0 radical (unpaired) electrons. The number of hydrogen-bond acceptors (Lipinski definition) is 4. The van der Waals surface area contributed by atoms with E-state index in [2.05, 4.69) is 10.2 Å². The lowest BCUT2D eigenvalue weighted by Crippen LogP contribution is -2.47. The summed E-state index contributed by atoms with van der Waals surface area (Å²) >= 11 is 6.04. The highest BCUT2D eigenvalue weighted by Gasteiger charge is 2.48. The van der Waals surface area contributed by atoms with Crippen molar-refractivity contribution in [3.63, 3.8) is 0 Å². The van der Waals surface area contributed by atoms with E-state index in [0.29, 0.717) is 9.92 Å². The van der Waals surface area contributed by atoms with Crippen molar-refractivity contribution in [2.75, 3.05) is 0 Å². The summed E-state index contributed by atoms with van der Waals surface area (Å²) in [6.07, 6.45) is 6.62. The molecule has 24 heavy (non-hydrogen) atoms. The molecule has 1 aromatic carbocycles. The van der Waals surface area contributed by atoms with Gasteiger partial charge in [-0.15, -0.1) is 0 Å². The molecule has 2 atom stereocenters. The predicted octanol–water partition coefficient (Wildman–Crippen LogP) is 2.80.